The van der Waals surface area contributed by atoms with E-state index >= 15 is 0 Å². The summed E-state index contributed by atoms with van der Waals surface area (Å²) in [6.07, 6.45) is 3.24. The summed E-state index contributed by atoms with van der Waals surface area (Å²) in [5.41, 5.74) is 1.32. The summed E-state index contributed by atoms with van der Waals surface area (Å²) >= 11 is 7.52. The second kappa shape index (κ2) is 7.97. The summed E-state index contributed by atoms with van der Waals surface area (Å²) in [6.45, 7) is 2.45. The molecule has 1 aromatic carbocycles. The monoisotopic (exact) mass is 430 g/mol. The molecule has 148 valence electrons. The number of rotatable bonds is 7. The van der Waals surface area contributed by atoms with E-state index in [4.69, 9.17) is 11.6 Å². The molecular weight excluding hydrogens is 416 g/mol. The van der Waals surface area contributed by atoms with Crippen LogP contribution < -0.4 is 5.32 Å². The molecule has 1 N–H and O–H groups in total. The smallest absolute Gasteiger partial charge is 0.309 e. The summed E-state index contributed by atoms with van der Waals surface area (Å²) in [4.78, 5) is 10.5. The van der Waals surface area contributed by atoms with E-state index in [1.165, 1.54) is 22.2 Å². The topological polar surface area (TPSA) is 117 Å². The summed E-state index contributed by atoms with van der Waals surface area (Å²) in [7, 11) is 0. The number of anilines is 2. The highest BCUT2D eigenvalue weighted by molar-refractivity contribution is 7.15. The molecule has 0 spiro atoms. The number of aryl methyl sites for hydroxylation is 1. The molecule has 0 aliphatic rings. The van der Waals surface area contributed by atoms with Gasteiger partial charge < -0.3 is 5.32 Å². The van der Waals surface area contributed by atoms with Crippen molar-refractivity contribution in [3.8, 4) is 0 Å². The normalized spacial score (nSPS) is 11.0. The molecule has 3 heterocycles. The molecule has 3 aromatic heterocycles. The fraction of sp³-hybridized carbons (Fsp3) is 0.176. The van der Waals surface area contributed by atoms with Crippen LogP contribution in [0.5, 0.6) is 0 Å². The predicted molar refractivity (Wildman–Crippen MR) is 109 cm³/mol. The maximum Gasteiger partial charge on any atom is 0.309 e. The average Bonchev–Trinajstić information content (AvgIpc) is 3.39. The predicted octanol–water partition coefficient (Wildman–Crippen LogP) is 3.64. The van der Waals surface area contributed by atoms with E-state index < -0.39 is 4.92 Å². The minimum atomic E-state index is -0.454. The number of nitro groups is 1. The van der Waals surface area contributed by atoms with Crippen molar-refractivity contribution in [2.75, 3.05) is 5.32 Å². The highest BCUT2D eigenvalue weighted by Gasteiger charge is 2.16. The van der Waals surface area contributed by atoms with Crippen molar-refractivity contribution >= 4 is 39.6 Å². The third-order valence-electron chi connectivity index (χ3n) is 4.05. The SMILES string of the molecule is Cc1nn(Cc2nnc(Nc3ccn(Cc4ccccc4Cl)n3)s2)cc1[N+](=O)[O-]. The number of hydrogen-bond acceptors (Lipinski definition) is 8. The Kier molecular flexibility index (Phi) is 5.23. The van der Waals surface area contributed by atoms with Gasteiger partial charge in [-0.2, -0.15) is 10.2 Å². The zero-order chi connectivity index (χ0) is 20.4. The number of nitrogens with one attached hydrogen (secondary N) is 1. The number of benzene rings is 1. The first-order chi connectivity index (χ1) is 14.0. The highest BCUT2D eigenvalue weighted by atomic mass is 35.5. The molecule has 29 heavy (non-hydrogen) atoms. The van der Waals surface area contributed by atoms with Gasteiger partial charge in [-0.25, -0.2) is 0 Å². The molecule has 4 aromatic rings. The van der Waals surface area contributed by atoms with Gasteiger partial charge in [0.2, 0.25) is 5.13 Å². The molecule has 0 saturated heterocycles. The van der Waals surface area contributed by atoms with E-state index in [1.54, 1.807) is 11.6 Å². The molecule has 0 saturated carbocycles. The van der Waals surface area contributed by atoms with Gasteiger partial charge in [-0.05, 0) is 18.6 Å². The highest BCUT2D eigenvalue weighted by Crippen LogP contribution is 2.22. The standard InChI is InChI=1S/C17H15ClN8O2S/c1-11-14(26(27)28)9-25(22-11)10-16-20-21-17(29-16)19-15-6-7-24(23-15)8-12-4-2-3-5-13(12)18/h2-7,9H,8,10H2,1H3,(H,19,21,23). The molecule has 0 unspecified atom stereocenters. The van der Waals surface area contributed by atoms with Crippen LogP contribution in [-0.4, -0.2) is 34.7 Å². The van der Waals surface area contributed by atoms with Crippen molar-refractivity contribution in [3.05, 3.63) is 74.1 Å². The molecule has 0 bridgehead atoms. The summed E-state index contributed by atoms with van der Waals surface area (Å²) in [5, 5.41) is 32.8. The first-order valence-corrected chi connectivity index (χ1v) is 9.72. The van der Waals surface area contributed by atoms with Crippen LogP contribution in [-0.2, 0) is 13.1 Å². The van der Waals surface area contributed by atoms with Crippen LogP contribution in [0.15, 0.2) is 42.7 Å². The summed E-state index contributed by atoms with van der Waals surface area (Å²) in [6, 6.07) is 9.45. The number of halogens is 1. The van der Waals surface area contributed by atoms with Gasteiger partial charge in [-0.3, -0.25) is 19.5 Å². The lowest BCUT2D eigenvalue weighted by Crippen LogP contribution is -2.01. The Morgan fingerprint density at radius 1 is 1.17 bits per heavy atom. The lowest BCUT2D eigenvalue weighted by molar-refractivity contribution is -0.385. The Labute approximate surface area is 173 Å². The fourth-order valence-electron chi connectivity index (χ4n) is 2.70. The summed E-state index contributed by atoms with van der Waals surface area (Å²) in [5.74, 6) is 0.630. The Hall–Kier alpha value is -3.31. The maximum atomic E-state index is 10.9. The van der Waals surface area contributed by atoms with E-state index in [9.17, 15) is 10.1 Å². The van der Waals surface area contributed by atoms with Crippen molar-refractivity contribution < 1.29 is 4.92 Å². The van der Waals surface area contributed by atoms with Crippen molar-refractivity contribution in [1.29, 1.82) is 0 Å². The first-order valence-electron chi connectivity index (χ1n) is 8.52. The van der Waals surface area contributed by atoms with Crippen molar-refractivity contribution in [2.24, 2.45) is 0 Å². The molecule has 0 radical (unpaired) electrons. The van der Waals surface area contributed by atoms with Gasteiger partial charge in [0.25, 0.3) is 0 Å². The van der Waals surface area contributed by atoms with Gasteiger partial charge >= 0.3 is 5.69 Å². The second-order valence-electron chi connectivity index (χ2n) is 6.17. The van der Waals surface area contributed by atoms with E-state index in [0.717, 1.165) is 5.56 Å². The Morgan fingerprint density at radius 3 is 2.76 bits per heavy atom. The minimum absolute atomic E-state index is 0.0167. The van der Waals surface area contributed by atoms with E-state index in [-0.39, 0.29) is 5.69 Å². The Balaban J connectivity index is 1.41. The maximum absolute atomic E-state index is 10.9. The third-order valence-corrected chi connectivity index (χ3v) is 5.24. The Morgan fingerprint density at radius 2 is 2.00 bits per heavy atom. The van der Waals surface area contributed by atoms with Gasteiger partial charge in [-0.15, -0.1) is 10.2 Å². The summed E-state index contributed by atoms with van der Waals surface area (Å²) < 4.78 is 3.26. The van der Waals surface area contributed by atoms with Gasteiger partial charge in [0.1, 0.15) is 16.9 Å². The van der Waals surface area contributed by atoms with Gasteiger partial charge in [0.05, 0.1) is 18.0 Å². The number of nitrogens with zero attached hydrogens (tertiary/aromatic N) is 7. The molecule has 0 amide bonds. The molecule has 10 nitrogen and oxygen atoms in total. The van der Waals surface area contributed by atoms with Crippen LogP contribution >= 0.6 is 22.9 Å². The number of hydrogen-bond donors (Lipinski definition) is 1. The van der Waals surface area contributed by atoms with E-state index in [0.29, 0.717) is 39.8 Å². The van der Waals surface area contributed by atoms with Gasteiger partial charge in [-0.1, -0.05) is 41.1 Å². The molecule has 0 fully saturated rings. The van der Waals surface area contributed by atoms with Crippen LogP contribution in [0, 0.1) is 17.0 Å². The minimum Gasteiger partial charge on any atom is -0.313 e. The van der Waals surface area contributed by atoms with Gasteiger partial charge in [0.15, 0.2) is 5.82 Å². The number of aromatic nitrogens is 6. The molecule has 4 rings (SSSR count). The van der Waals surface area contributed by atoms with Gasteiger partial charge in [0, 0.05) is 17.3 Å². The quantitative estimate of drug-likeness (QED) is 0.351. The molecule has 12 heteroatoms. The second-order valence-corrected chi connectivity index (χ2v) is 7.64. The lowest BCUT2D eigenvalue weighted by atomic mass is 10.2. The lowest BCUT2D eigenvalue weighted by Gasteiger charge is -2.04. The fourth-order valence-corrected chi connectivity index (χ4v) is 3.64. The van der Waals surface area contributed by atoms with Crippen molar-refractivity contribution in [1.82, 2.24) is 29.8 Å². The van der Waals surface area contributed by atoms with Crippen molar-refractivity contribution in [3.63, 3.8) is 0 Å². The molecular formula is C17H15ClN8O2S. The third kappa shape index (κ3) is 4.41. The zero-order valence-electron chi connectivity index (χ0n) is 15.2. The molecule has 0 aliphatic heterocycles. The zero-order valence-corrected chi connectivity index (χ0v) is 16.8. The Bertz CT molecular complexity index is 1170. The molecule has 0 aliphatic carbocycles. The molecule has 0 atom stereocenters. The van der Waals surface area contributed by atoms with Crippen LogP contribution in [0.2, 0.25) is 5.02 Å². The van der Waals surface area contributed by atoms with Crippen LogP contribution in [0.4, 0.5) is 16.6 Å². The average molecular weight is 431 g/mol. The largest absolute Gasteiger partial charge is 0.313 e. The first kappa shape index (κ1) is 19.0. The van der Waals surface area contributed by atoms with Crippen LogP contribution in [0.3, 0.4) is 0 Å². The van der Waals surface area contributed by atoms with Crippen LogP contribution in [0.25, 0.3) is 0 Å². The van der Waals surface area contributed by atoms with Crippen molar-refractivity contribution in [2.45, 2.75) is 20.0 Å². The van der Waals surface area contributed by atoms with E-state index in [2.05, 4.69) is 25.7 Å². The van der Waals surface area contributed by atoms with E-state index in [1.807, 2.05) is 36.5 Å². The van der Waals surface area contributed by atoms with Crippen LogP contribution in [0.1, 0.15) is 16.3 Å².